The van der Waals surface area contributed by atoms with Gasteiger partial charge in [0, 0.05) is 17.0 Å². The Kier molecular flexibility index (Phi) is 2.82. The lowest BCUT2D eigenvalue weighted by molar-refractivity contribution is 0.0698. The number of carboxylic acid groups (broad SMARTS) is 1. The molecule has 21 heavy (non-hydrogen) atoms. The Morgan fingerprint density at radius 3 is 2.76 bits per heavy atom. The molecule has 1 aromatic heterocycles. The van der Waals surface area contributed by atoms with Gasteiger partial charge in [0.15, 0.2) is 0 Å². The first-order chi connectivity index (χ1) is 10.2. The summed E-state index contributed by atoms with van der Waals surface area (Å²) in [6.45, 7) is 0. The third kappa shape index (κ3) is 2.05. The van der Waals surface area contributed by atoms with Crippen LogP contribution in [-0.4, -0.2) is 34.3 Å². The fourth-order valence-electron chi connectivity index (χ4n) is 3.44. The number of fused-ring (bicyclic) bond motifs is 3. The molecule has 5 heteroatoms. The van der Waals surface area contributed by atoms with Crippen LogP contribution in [0.15, 0.2) is 30.5 Å². The summed E-state index contributed by atoms with van der Waals surface area (Å²) in [6.07, 6.45) is 5.30. The Bertz CT molecular complexity index is 716. The van der Waals surface area contributed by atoms with Crippen LogP contribution in [0.5, 0.6) is 0 Å². The fourth-order valence-corrected chi connectivity index (χ4v) is 3.44. The molecule has 2 saturated heterocycles. The molecule has 0 saturated carbocycles. The number of aromatic carboxylic acids is 1. The van der Waals surface area contributed by atoms with E-state index < -0.39 is 5.97 Å². The molecular weight excluding hydrogens is 268 g/mol. The highest BCUT2D eigenvalue weighted by Gasteiger charge is 2.41. The van der Waals surface area contributed by atoms with E-state index in [4.69, 9.17) is 4.74 Å². The topological polar surface area (TPSA) is 71.5 Å². The number of rotatable bonds is 3. The van der Waals surface area contributed by atoms with Gasteiger partial charge in [-0.2, -0.15) is 0 Å². The minimum atomic E-state index is -0.950. The molecule has 0 amide bonds. The van der Waals surface area contributed by atoms with E-state index in [1.807, 2.05) is 24.3 Å². The summed E-state index contributed by atoms with van der Waals surface area (Å²) in [6, 6.07) is 7.75. The maximum absolute atomic E-state index is 11.3. The largest absolute Gasteiger partial charge is 0.478 e. The number of benzene rings is 1. The number of hydrogen-bond donors (Lipinski definition) is 2. The van der Waals surface area contributed by atoms with Gasteiger partial charge in [0.2, 0.25) is 0 Å². The summed E-state index contributed by atoms with van der Waals surface area (Å²) in [5.41, 5.74) is 0.236. The molecule has 3 heterocycles. The second kappa shape index (κ2) is 4.70. The van der Waals surface area contributed by atoms with Gasteiger partial charge in [0.25, 0.3) is 0 Å². The number of hydrogen-bond acceptors (Lipinski definition) is 4. The number of aromatic nitrogens is 1. The van der Waals surface area contributed by atoms with Crippen molar-refractivity contribution < 1.29 is 14.6 Å². The monoisotopic (exact) mass is 284 g/mol. The Hall–Kier alpha value is -2.14. The molecule has 4 rings (SSSR count). The van der Waals surface area contributed by atoms with Crippen LogP contribution in [-0.2, 0) is 4.74 Å². The van der Waals surface area contributed by atoms with Crippen LogP contribution in [0.25, 0.3) is 10.8 Å². The molecule has 2 N–H and O–H groups in total. The molecule has 0 spiro atoms. The van der Waals surface area contributed by atoms with Crippen molar-refractivity contribution in [3.05, 3.63) is 36.0 Å². The van der Waals surface area contributed by atoms with Gasteiger partial charge in [0.05, 0.1) is 23.8 Å². The second-order valence-electron chi connectivity index (χ2n) is 5.73. The Morgan fingerprint density at radius 1 is 1.29 bits per heavy atom. The number of ether oxygens (including phenoxy) is 1. The van der Waals surface area contributed by atoms with E-state index in [0.717, 1.165) is 30.5 Å². The van der Waals surface area contributed by atoms with Gasteiger partial charge in [-0.05, 0) is 19.3 Å². The summed E-state index contributed by atoms with van der Waals surface area (Å²) >= 11 is 0. The average molecular weight is 284 g/mol. The van der Waals surface area contributed by atoms with Gasteiger partial charge in [-0.25, -0.2) is 9.78 Å². The number of nitrogens with one attached hydrogen (secondary N) is 1. The maximum atomic E-state index is 11.3. The van der Waals surface area contributed by atoms with Crippen molar-refractivity contribution in [3.8, 4) is 0 Å². The van der Waals surface area contributed by atoms with Crippen molar-refractivity contribution in [2.75, 3.05) is 5.32 Å². The zero-order valence-electron chi connectivity index (χ0n) is 11.5. The van der Waals surface area contributed by atoms with Gasteiger partial charge in [0.1, 0.15) is 5.82 Å². The first-order valence-corrected chi connectivity index (χ1v) is 7.25. The van der Waals surface area contributed by atoms with E-state index in [1.165, 1.54) is 6.20 Å². The third-order valence-electron chi connectivity index (χ3n) is 4.45. The SMILES string of the molecule is O=C(O)c1cnc(NC2CC3CCC2O3)c2ccccc12. The van der Waals surface area contributed by atoms with Crippen molar-refractivity contribution in [3.63, 3.8) is 0 Å². The smallest absolute Gasteiger partial charge is 0.337 e. The highest BCUT2D eigenvalue weighted by Crippen LogP contribution is 2.36. The highest BCUT2D eigenvalue weighted by molar-refractivity contribution is 6.06. The van der Waals surface area contributed by atoms with Gasteiger partial charge in [-0.1, -0.05) is 24.3 Å². The van der Waals surface area contributed by atoms with Crippen LogP contribution in [0.4, 0.5) is 5.82 Å². The molecule has 2 aromatic rings. The average Bonchev–Trinajstić information content (AvgIpc) is 3.10. The van der Waals surface area contributed by atoms with Gasteiger partial charge in [-0.3, -0.25) is 0 Å². The third-order valence-corrected chi connectivity index (χ3v) is 4.45. The first-order valence-electron chi connectivity index (χ1n) is 7.25. The summed E-state index contributed by atoms with van der Waals surface area (Å²) < 4.78 is 5.85. The van der Waals surface area contributed by atoms with E-state index in [9.17, 15) is 9.90 Å². The number of anilines is 1. The van der Waals surface area contributed by atoms with Crippen LogP contribution < -0.4 is 5.32 Å². The van der Waals surface area contributed by atoms with E-state index in [2.05, 4.69) is 10.3 Å². The van der Waals surface area contributed by atoms with Gasteiger partial charge in [-0.15, -0.1) is 0 Å². The molecule has 1 aromatic carbocycles. The zero-order valence-corrected chi connectivity index (χ0v) is 11.5. The molecule has 2 aliphatic heterocycles. The van der Waals surface area contributed by atoms with Crippen LogP contribution in [0.1, 0.15) is 29.6 Å². The molecule has 2 aliphatic rings. The predicted molar refractivity (Wildman–Crippen MR) is 78.6 cm³/mol. The summed E-state index contributed by atoms with van der Waals surface area (Å²) in [5, 5.41) is 14.3. The van der Waals surface area contributed by atoms with Crippen LogP contribution in [0, 0.1) is 0 Å². The van der Waals surface area contributed by atoms with E-state index in [0.29, 0.717) is 11.5 Å². The van der Waals surface area contributed by atoms with Crippen molar-refractivity contribution in [1.29, 1.82) is 0 Å². The number of nitrogens with zero attached hydrogens (tertiary/aromatic N) is 1. The maximum Gasteiger partial charge on any atom is 0.337 e. The van der Waals surface area contributed by atoms with Crippen molar-refractivity contribution in [2.24, 2.45) is 0 Å². The molecule has 3 unspecified atom stereocenters. The summed E-state index contributed by atoms with van der Waals surface area (Å²) in [5.74, 6) is -0.203. The molecular formula is C16H16N2O3. The van der Waals surface area contributed by atoms with E-state index in [-0.39, 0.29) is 17.7 Å². The molecule has 108 valence electrons. The molecule has 3 atom stereocenters. The molecule has 0 radical (unpaired) electrons. The van der Waals surface area contributed by atoms with Crippen molar-refractivity contribution in [1.82, 2.24) is 4.98 Å². The Labute approximate surface area is 121 Å². The zero-order chi connectivity index (χ0) is 14.4. The molecule has 5 nitrogen and oxygen atoms in total. The lowest BCUT2D eigenvalue weighted by Crippen LogP contribution is -2.30. The number of carboxylic acids is 1. The van der Waals surface area contributed by atoms with E-state index >= 15 is 0 Å². The first kappa shape index (κ1) is 12.6. The lowest BCUT2D eigenvalue weighted by Gasteiger charge is -2.21. The Morgan fingerprint density at radius 2 is 2.10 bits per heavy atom. The van der Waals surface area contributed by atoms with Crippen LogP contribution >= 0.6 is 0 Å². The quantitative estimate of drug-likeness (QED) is 0.906. The minimum Gasteiger partial charge on any atom is -0.478 e. The number of carbonyl (C=O) groups is 1. The van der Waals surface area contributed by atoms with Gasteiger partial charge >= 0.3 is 5.97 Å². The normalized spacial score (nSPS) is 27.1. The van der Waals surface area contributed by atoms with Crippen molar-refractivity contribution >= 4 is 22.6 Å². The Balaban J connectivity index is 1.72. The minimum absolute atomic E-state index is 0.236. The number of pyridine rings is 1. The molecule has 0 aliphatic carbocycles. The van der Waals surface area contributed by atoms with Crippen LogP contribution in [0.3, 0.4) is 0 Å². The van der Waals surface area contributed by atoms with Crippen molar-refractivity contribution in [2.45, 2.75) is 37.5 Å². The standard InChI is InChI=1S/C16H16N2O3/c19-16(20)12-8-17-15(11-4-2-1-3-10(11)12)18-13-7-9-5-6-14(13)21-9/h1-4,8-9,13-14H,5-7H2,(H,17,18)(H,19,20). The predicted octanol–water partition coefficient (Wildman–Crippen LogP) is 2.66. The summed E-state index contributed by atoms with van der Waals surface area (Å²) in [4.78, 5) is 15.6. The lowest BCUT2D eigenvalue weighted by atomic mass is 9.95. The molecule has 2 fully saturated rings. The fraction of sp³-hybridized carbons (Fsp3) is 0.375. The molecule has 2 bridgehead atoms. The van der Waals surface area contributed by atoms with Crippen LogP contribution in [0.2, 0.25) is 0 Å². The highest BCUT2D eigenvalue weighted by atomic mass is 16.5. The van der Waals surface area contributed by atoms with Gasteiger partial charge < -0.3 is 15.2 Å². The summed E-state index contributed by atoms with van der Waals surface area (Å²) in [7, 11) is 0. The van der Waals surface area contributed by atoms with E-state index in [1.54, 1.807) is 0 Å². The second-order valence-corrected chi connectivity index (χ2v) is 5.73.